The minimum absolute atomic E-state index is 0.00241. The fourth-order valence-electron chi connectivity index (χ4n) is 2.95. The SMILES string of the molecule is O=C(COC(=O)CN1CCCCCC1=O)NNC(=O)[C@H]1COc2ccccc2O1. The van der Waals surface area contributed by atoms with Crippen LogP contribution in [0.2, 0.25) is 0 Å². The molecule has 0 bridgehead atoms. The van der Waals surface area contributed by atoms with E-state index in [1.54, 1.807) is 24.3 Å². The van der Waals surface area contributed by atoms with Gasteiger partial charge in [0, 0.05) is 13.0 Å². The van der Waals surface area contributed by atoms with Crippen LogP contribution in [0.25, 0.3) is 0 Å². The van der Waals surface area contributed by atoms with Gasteiger partial charge in [-0.15, -0.1) is 0 Å². The van der Waals surface area contributed by atoms with Crippen molar-refractivity contribution in [1.82, 2.24) is 15.8 Å². The van der Waals surface area contributed by atoms with E-state index >= 15 is 0 Å². The highest BCUT2D eigenvalue weighted by atomic mass is 16.6. The third-order valence-electron chi connectivity index (χ3n) is 4.48. The van der Waals surface area contributed by atoms with Crippen molar-refractivity contribution in [1.29, 1.82) is 0 Å². The Morgan fingerprint density at radius 3 is 2.72 bits per heavy atom. The Kier molecular flexibility index (Phi) is 6.88. The molecule has 10 nitrogen and oxygen atoms in total. The summed E-state index contributed by atoms with van der Waals surface area (Å²) in [5, 5.41) is 0. The fourth-order valence-corrected chi connectivity index (χ4v) is 2.95. The summed E-state index contributed by atoms with van der Waals surface area (Å²) >= 11 is 0. The van der Waals surface area contributed by atoms with Crippen LogP contribution in [0.5, 0.6) is 11.5 Å². The molecule has 2 N–H and O–H groups in total. The summed E-state index contributed by atoms with van der Waals surface area (Å²) in [6.07, 6.45) is 2.08. The molecule has 0 unspecified atom stereocenters. The van der Waals surface area contributed by atoms with Crippen LogP contribution in [0.1, 0.15) is 25.7 Å². The van der Waals surface area contributed by atoms with Gasteiger partial charge in [-0.2, -0.15) is 0 Å². The molecule has 0 spiro atoms. The second-order valence-electron chi connectivity index (χ2n) is 6.69. The number of benzene rings is 1. The van der Waals surface area contributed by atoms with Crippen molar-refractivity contribution >= 4 is 23.7 Å². The van der Waals surface area contributed by atoms with E-state index < -0.39 is 30.5 Å². The second-order valence-corrected chi connectivity index (χ2v) is 6.69. The third-order valence-corrected chi connectivity index (χ3v) is 4.48. The summed E-state index contributed by atoms with van der Waals surface area (Å²) in [5.74, 6) is -1.12. The summed E-state index contributed by atoms with van der Waals surface area (Å²) in [4.78, 5) is 49.0. The topological polar surface area (TPSA) is 123 Å². The molecule has 0 radical (unpaired) electrons. The first-order chi connectivity index (χ1) is 14.0. The van der Waals surface area contributed by atoms with Gasteiger partial charge in [0.25, 0.3) is 11.8 Å². The van der Waals surface area contributed by atoms with E-state index in [9.17, 15) is 19.2 Å². The number of hydrazine groups is 1. The lowest BCUT2D eigenvalue weighted by atomic mass is 10.2. The average molecular weight is 405 g/mol. The molecule has 1 atom stereocenters. The number of nitrogens with zero attached hydrogens (tertiary/aromatic N) is 1. The van der Waals surface area contributed by atoms with Crippen molar-refractivity contribution in [3.05, 3.63) is 24.3 Å². The standard InChI is InChI=1S/C19H23N3O7/c23-16(12-28-18(25)10-22-9-5-1-2-8-17(22)24)20-21-19(26)15-11-27-13-6-3-4-7-14(13)29-15/h3-4,6-7,15H,1-2,5,8-12H2,(H,20,23)(H,21,26)/t15-/m1/s1. The highest BCUT2D eigenvalue weighted by Gasteiger charge is 2.27. The highest BCUT2D eigenvalue weighted by Crippen LogP contribution is 2.30. The molecule has 1 fully saturated rings. The van der Waals surface area contributed by atoms with Crippen molar-refractivity contribution < 1.29 is 33.4 Å². The lowest BCUT2D eigenvalue weighted by molar-refractivity contribution is -0.152. The first-order valence-electron chi connectivity index (χ1n) is 9.43. The molecule has 1 aromatic rings. The van der Waals surface area contributed by atoms with Crippen LogP contribution in [0.15, 0.2) is 24.3 Å². The first kappa shape index (κ1) is 20.4. The van der Waals surface area contributed by atoms with Crippen LogP contribution in [0.4, 0.5) is 0 Å². The average Bonchev–Trinajstić information content (AvgIpc) is 2.94. The van der Waals surface area contributed by atoms with Crippen molar-refractivity contribution in [2.75, 3.05) is 26.3 Å². The smallest absolute Gasteiger partial charge is 0.326 e. The molecule has 2 aliphatic rings. The van der Waals surface area contributed by atoms with E-state index in [2.05, 4.69) is 10.9 Å². The van der Waals surface area contributed by atoms with Gasteiger partial charge < -0.3 is 19.1 Å². The first-order valence-corrected chi connectivity index (χ1v) is 9.43. The molecule has 29 heavy (non-hydrogen) atoms. The molecule has 10 heteroatoms. The van der Waals surface area contributed by atoms with E-state index in [1.807, 2.05) is 0 Å². The van der Waals surface area contributed by atoms with Crippen LogP contribution >= 0.6 is 0 Å². The maximum Gasteiger partial charge on any atom is 0.326 e. The molecule has 1 aromatic carbocycles. The number of para-hydroxylation sites is 2. The van der Waals surface area contributed by atoms with Gasteiger partial charge in [0.1, 0.15) is 13.2 Å². The van der Waals surface area contributed by atoms with E-state index in [0.717, 1.165) is 19.3 Å². The number of esters is 1. The predicted molar refractivity (Wildman–Crippen MR) is 98.6 cm³/mol. The zero-order chi connectivity index (χ0) is 20.6. The fraction of sp³-hybridized carbons (Fsp3) is 0.474. The Labute approximate surface area is 167 Å². The minimum Gasteiger partial charge on any atom is -0.485 e. The molecule has 3 amide bonds. The molecule has 0 saturated carbocycles. The lowest BCUT2D eigenvalue weighted by Gasteiger charge is -2.25. The highest BCUT2D eigenvalue weighted by molar-refractivity contribution is 5.87. The van der Waals surface area contributed by atoms with Gasteiger partial charge in [-0.05, 0) is 25.0 Å². The van der Waals surface area contributed by atoms with Crippen molar-refractivity contribution in [3.8, 4) is 11.5 Å². The maximum atomic E-state index is 12.1. The van der Waals surface area contributed by atoms with Gasteiger partial charge in [0.05, 0.1) is 0 Å². The number of amides is 3. The number of fused-ring (bicyclic) bond motifs is 1. The van der Waals surface area contributed by atoms with Gasteiger partial charge in [-0.1, -0.05) is 18.6 Å². The molecule has 2 heterocycles. The van der Waals surface area contributed by atoms with E-state index in [0.29, 0.717) is 24.5 Å². The number of ether oxygens (including phenoxy) is 3. The number of nitrogens with one attached hydrogen (secondary N) is 2. The number of hydrogen-bond acceptors (Lipinski definition) is 7. The Morgan fingerprint density at radius 1 is 1.10 bits per heavy atom. The molecule has 2 aliphatic heterocycles. The van der Waals surface area contributed by atoms with Crippen molar-refractivity contribution in [2.45, 2.75) is 31.8 Å². The third kappa shape index (κ3) is 5.84. The van der Waals surface area contributed by atoms with Crippen LogP contribution in [0.3, 0.4) is 0 Å². The zero-order valence-electron chi connectivity index (χ0n) is 15.8. The van der Waals surface area contributed by atoms with Gasteiger partial charge in [-0.25, -0.2) is 0 Å². The monoisotopic (exact) mass is 405 g/mol. The summed E-state index contributed by atoms with van der Waals surface area (Å²) in [7, 11) is 0. The summed E-state index contributed by atoms with van der Waals surface area (Å²) < 4.78 is 15.8. The van der Waals surface area contributed by atoms with Crippen molar-refractivity contribution in [3.63, 3.8) is 0 Å². The minimum atomic E-state index is -0.929. The van der Waals surface area contributed by atoms with E-state index in [-0.39, 0.29) is 19.1 Å². The lowest BCUT2D eigenvalue weighted by Crippen LogP contribution is -2.51. The van der Waals surface area contributed by atoms with Crippen LogP contribution < -0.4 is 20.3 Å². The molecular weight excluding hydrogens is 382 g/mol. The van der Waals surface area contributed by atoms with E-state index in [1.165, 1.54) is 4.90 Å². The Morgan fingerprint density at radius 2 is 1.90 bits per heavy atom. The van der Waals surface area contributed by atoms with Crippen LogP contribution in [0, 0.1) is 0 Å². The molecule has 1 saturated heterocycles. The summed E-state index contributed by atoms with van der Waals surface area (Å²) in [6.45, 7) is -0.266. The Balaban J connectivity index is 1.36. The Hall–Kier alpha value is -3.30. The number of hydrogen-bond donors (Lipinski definition) is 2. The second kappa shape index (κ2) is 9.76. The molecule has 3 rings (SSSR count). The normalized spacial score (nSPS) is 18.4. The van der Waals surface area contributed by atoms with Crippen LogP contribution in [-0.4, -0.2) is 61.0 Å². The van der Waals surface area contributed by atoms with Gasteiger partial charge in [0.2, 0.25) is 12.0 Å². The van der Waals surface area contributed by atoms with Crippen molar-refractivity contribution in [2.24, 2.45) is 0 Å². The van der Waals surface area contributed by atoms with Gasteiger partial charge in [0.15, 0.2) is 18.1 Å². The number of carbonyl (C=O) groups is 4. The molecule has 0 aliphatic carbocycles. The predicted octanol–water partition coefficient (Wildman–Crippen LogP) is -0.0804. The number of rotatable bonds is 5. The molecule has 0 aromatic heterocycles. The van der Waals surface area contributed by atoms with Gasteiger partial charge >= 0.3 is 5.97 Å². The maximum absolute atomic E-state index is 12.1. The zero-order valence-corrected chi connectivity index (χ0v) is 15.8. The number of likely N-dealkylation sites (tertiary alicyclic amines) is 1. The Bertz CT molecular complexity index is 783. The van der Waals surface area contributed by atoms with Crippen LogP contribution in [-0.2, 0) is 23.9 Å². The summed E-state index contributed by atoms with van der Waals surface area (Å²) in [5.41, 5.74) is 4.35. The quantitative estimate of drug-likeness (QED) is 0.519. The summed E-state index contributed by atoms with van der Waals surface area (Å²) in [6, 6.07) is 6.92. The molecule has 156 valence electrons. The van der Waals surface area contributed by atoms with E-state index in [4.69, 9.17) is 14.2 Å². The molecular formula is C19H23N3O7. The number of carbonyl (C=O) groups excluding carboxylic acids is 4. The van der Waals surface area contributed by atoms with Gasteiger partial charge in [-0.3, -0.25) is 30.0 Å². The largest absolute Gasteiger partial charge is 0.485 e.